The smallest absolute Gasteiger partial charge is 0.0486 e. The summed E-state index contributed by atoms with van der Waals surface area (Å²) in [5.41, 5.74) is 5.91. The van der Waals surface area contributed by atoms with E-state index in [1.54, 1.807) is 0 Å². The second-order valence-corrected chi connectivity index (χ2v) is 8.57. The minimum absolute atomic E-state index is 0.0490. The Balaban J connectivity index is 1.70. The fourth-order valence-corrected chi connectivity index (χ4v) is 6.38. The molecule has 0 unspecified atom stereocenters. The fraction of sp³-hybridized carbons (Fsp3) is 0.130. The van der Waals surface area contributed by atoms with Gasteiger partial charge in [0.05, 0.1) is 0 Å². The molecule has 4 aromatic rings. The van der Waals surface area contributed by atoms with Crippen LogP contribution in [0.2, 0.25) is 0 Å². The average Bonchev–Trinajstić information content (AvgIpc) is 3.35. The van der Waals surface area contributed by atoms with Crippen LogP contribution in [0.1, 0.15) is 22.3 Å². The zero-order valence-corrected chi connectivity index (χ0v) is 15.4. The summed E-state index contributed by atoms with van der Waals surface area (Å²) < 4.78 is 0. The molecule has 1 aliphatic carbocycles. The normalized spacial score (nSPS) is 14.2. The Morgan fingerprint density at radius 2 is 1.00 bits per heavy atom. The monoisotopic (exact) mass is 358 g/mol. The largest absolute Gasteiger partial charge is 0.143 e. The van der Waals surface area contributed by atoms with Gasteiger partial charge in [-0.1, -0.05) is 60.7 Å². The standard InChI is InChI=1S/C23H18S2/c1-3-7-17(8-4-1)15-23(16-18-9-5-2-6-10-18)19-11-13-24-21(19)22-20(23)12-14-25-22/h1-14H,15-16H2. The molecule has 0 bridgehead atoms. The Hall–Kier alpha value is -2.16. The van der Waals surface area contributed by atoms with Gasteiger partial charge in [0.1, 0.15) is 0 Å². The predicted molar refractivity (Wildman–Crippen MR) is 109 cm³/mol. The molecule has 2 heteroatoms. The summed E-state index contributed by atoms with van der Waals surface area (Å²) in [5.74, 6) is 0. The summed E-state index contributed by atoms with van der Waals surface area (Å²) >= 11 is 3.79. The number of thiophene rings is 2. The van der Waals surface area contributed by atoms with Crippen molar-refractivity contribution in [1.82, 2.24) is 0 Å². The van der Waals surface area contributed by atoms with Crippen LogP contribution in [0.4, 0.5) is 0 Å². The van der Waals surface area contributed by atoms with Crippen molar-refractivity contribution in [3.8, 4) is 9.75 Å². The maximum atomic E-state index is 2.36. The van der Waals surface area contributed by atoms with E-state index >= 15 is 0 Å². The molecular weight excluding hydrogens is 340 g/mol. The SMILES string of the molecule is c1ccc(CC2(Cc3ccccc3)c3ccsc3-c3sccc32)cc1. The van der Waals surface area contributed by atoms with Crippen molar-refractivity contribution in [2.75, 3.05) is 0 Å². The van der Waals surface area contributed by atoms with Gasteiger partial charge in [-0.05, 0) is 58.0 Å². The molecule has 0 nitrogen and oxygen atoms in total. The molecule has 122 valence electrons. The molecule has 5 rings (SSSR count). The van der Waals surface area contributed by atoms with Gasteiger partial charge in [-0.25, -0.2) is 0 Å². The molecule has 25 heavy (non-hydrogen) atoms. The lowest BCUT2D eigenvalue weighted by atomic mass is 9.70. The quantitative estimate of drug-likeness (QED) is 0.387. The summed E-state index contributed by atoms with van der Waals surface area (Å²) in [4.78, 5) is 2.97. The summed E-state index contributed by atoms with van der Waals surface area (Å²) in [6, 6.07) is 26.6. The van der Waals surface area contributed by atoms with Crippen molar-refractivity contribution in [3.63, 3.8) is 0 Å². The van der Waals surface area contributed by atoms with Crippen molar-refractivity contribution in [2.45, 2.75) is 18.3 Å². The second kappa shape index (κ2) is 5.98. The predicted octanol–water partition coefficient (Wildman–Crippen LogP) is 6.56. The van der Waals surface area contributed by atoms with Gasteiger partial charge < -0.3 is 0 Å². The highest BCUT2D eigenvalue weighted by Gasteiger charge is 2.44. The lowest BCUT2D eigenvalue weighted by molar-refractivity contribution is 0.522. The Kier molecular flexibility index (Phi) is 3.61. The van der Waals surface area contributed by atoms with Gasteiger partial charge in [0, 0.05) is 15.2 Å². The third kappa shape index (κ3) is 2.40. The molecule has 0 fully saturated rings. The highest BCUT2D eigenvalue weighted by molar-refractivity contribution is 7.21. The van der Waals surface area contributed by atoms with Crippen LogP contribution in [-0.4, -0.2) is 0 Å². The maximum absolute atomic E-state index is 2.36. The molecule has 0 saturated carbocycles. The van der Waals surface area contributed by atoms with Crippen molar-refractivity contribution < 1.29 is 0 Å². The molecule has 0 amide bonds. The van der Waals surface area contributed by atoms with Gasteiger partial charge in [-0.2, -0.15) is 0 Å². The van der Waals surface area contributed by atoms with Crippen LogP contribution in [-0.2, 0) is 18.3 Å². The topological polar surface area (TPSA) is 0 Å². The summed E-state index contributed by atoms with van der Waals surface area (Å²) in [6.07, 6.45) is 2.10. The van der Waals surface area contributed by atoms with Crippen LogP contribution in [0.3, 0.4) is 0 Å². The number of fused-ring (bicyclic) bond motifs is 3. The van der Waals surface area contributed by atoms with Crippen molar-refractivity contribution in [3.05, 3.63) is 106 Å². The van der Waals surface area contributed by atoms with E-state index in [0.717, 1.165) is 12.8 Å². The van der Waals surface area contributed by atoms with E-state index in [4.69, 9.17) is 0 Å². The van der Waals surface area contributed by atoms with Crippen molar-refractivity contribution in [1.29, 1.82) is 0 Å². The van der Waals surface area contributed by atoms with E-state index < -0.39 is 0 Å². The summed E-state index contributed by atoms with van der Waals surface area (Å²) in [7, 11) is 0. The van der Waals surface area contributed by atoms with E-state index in [-0.39, 0.29) is 5.41 Å². The maximum Gasteiger partial charge on any atom is 0.0486 e. The molecule has 2 aromatic heterocycles. The number of hydrogen-bond acceptors (Lipinski definition) is 2. The van der Waals surface area contributed by atoms with Crippen LogP contribution in [0.25, 0.3) is 9.75 Å². The van der Waals surface area contributed by atoms with E-state index in [1.165, 1.54) is 32.0 Å². The lowest BCUT2D eigenvalue weighted by Gasteiger charge is -2.31. The first kappa shape index (κ1) is 15.1. The summed E-state index contributed by atoms with van der Waals surface area (Å²) in [6.45, 7) is 0. The molecule has 0 aliphatic heterocycles. The van der Waals surface area contributed by atoms with Crippen LogP contribution < -0.4 is 0 Å². The molecule has 0 saturated heterocycles. The van der Waals surface area contributed by atoms with Crippen LogP contribution >= 0.6 is 22.7 Å². The Bertz CT molecular complexity index is 909. The minimum Gasteiger partial charge on any atom is -0.143 e. The lowest BCUT2D eigenvalue weighted by Crippen LogP contribution is -2.30. The average molecular weight is 359 g/mol. The molecule has 0 spiro atoms. The number of benzene rings is 2. The number of hydrogen-bond donors (Lipinski definition) is 0. The highest BCUT2D eigenvalue weighted by Crippen LogP contribution is 2.56. The first-order valence-electron chi connectivity index (χ1n) is 8.61. The van der Waals surface area contributed by atoms with Gasteiger partial charge in [-0.3, -0.25) is 0 Å². The van der Waals surface area contributed by atoms with E-state index in [2.05, 4.69) is 83.6 Å². The molecular formula is C23H18S2. The zero-order chi connectivity index (χ0) is 16.7. The van der Waals surface area contributed by atoms with Gasteiger partial charge >= 0.3 is 0 Å². The molecule has 2 aromatic carbocycles. The van der Waals surface area contributed by atoms with E-state index in [1.807, 2.05) is 22.7 Å². The molecule has 1 aliphatic rings. The number of rotatable bonds is 4. The van der Waals surface area contributed by atoms with E-state index in [0.29, 0.717) is 0 Å². The van der Waals surface area contributed by atoms with Gasteiger partial charge in [0.2, 0.25) is 0 Å². The van der Waals surface area contributed by atoms with Crippen LogP contribution in [0.15, 0.2) is 83.6 Å². The van der Waals surface area contributed by atoms with Gasteiger partial charge in [0.25, 0.3) is 0 Å². The molecule has 0 N–H and O–H groups in total. The van der Waals surface area contributed by atoms with E-state index in [9.17, 15) is 0 Å². The Morgan fingerprint density at radius 3 is 1.44 bits per heavy atom. The molecule has 2 heterocycles. The first-order valence-corrected chi connectivity index (χ1v) is 10.4. The zero-order valence-electron chi connectivity index (χ0n) is 13.8. The second-order valence-electron chi connectivity index (χ2n) is 6.73. The van der Waals surface area contributed by atoms with Crippen LogP contribution in [0, 0.1) is 0 Å². The highest BCUT2D eigenvalue weighted by atomic mass is 32.1. The van der Waals surface area contributed by atoms with Crippen molar-refractivity contribution in [2.24, 2.45) is 0 Å². The van der Waals surface area contributed by atoms with Crippen LogP contribution in [0.5, 0.6) is 0 Å². The Labute approximate surface area is 156 Å². The first-order chi connectivity index (χ1) is 12.4. The summed E-state index contributed by atoms with van der Waals surface area (Å²) in [5, 5.41) is 4.52. The Morgan fingerprint density at radius 1 is 0.560 bits per heavy atom. The van der Waals surface area contributed by atoms with Gasteiger partial charge in [-0.15, -0.1) is 22.7 Å². The molecule has 0 atom stereocenters. The molecule has 0 radical (unpaired) electrons. The fourth-order valence-electron chi connectivity index (χ4n) is 4.20. The minimum atomic E-state index is 0.0490. The third-order valence-electron chi connectivity index (χ3n) is 5.27. The van der Waals surface area contributed by atoms with Crippen molar-refractivity contribution >= 4 is 22.7 Å². The third-order valence-corrected chi connectivity index (χ3v) is 7.26. The van der Waals surface area contributed by atoms with Gasteiger partial charge in [0.15, 0.2) is 0 Å².